The smallest absolute Gasteiger partial charge is 0.141 e. The molecule has 0 radical (unpaired) electrons. The number of halogens is 1. The third kappa shape index (κ3) is 2.07. The Kier molecular flexibility index (Phi) is 3.03. The van der Waals surface area contributed by atoms with Gasteiger partial charge in [0, 0.05) is 12.2 Å². The Morgan fingerprint density at radius 1 is 1.57 bits per heavy atom. The van der Waals surface area contributed by atoms with Gasteiger partial charge in [0.15, 0.2) is 0 Å². The standard InChI is InChI=1S/C10H13FN2S/c11-9-3-8(4-13-5-9)10(12)7-1-2-14-6-7/h3-5,7,10H,1-2,6,12H2. The summed E-state index contributed by atoms with van der Waals surface area (Å²) in [5.41, 5.74) is 6.87. The minimum Gasteiger partial charge on any atom is -0.324 e. The molecule has 0 aromatic carbocycles. The van der Waals surface area contributed by atoms with Crippen molar-refractivity contribution in [3.8, 4) is 0 Å². The van der Waals surface area contributed by atoms with E-state index in [2.05, 4.69) is 4.98 Å². The highest BCUT2D eigenvalue weighted by Gasteiger charge is 2.23. The first-order valence-electron chi connectivity index (χ1n) is 4.71. The molecule has 0 saturated carbocycles. The van der Waals surface area contributed by atoms with Crippen LogP contribution in [0.15, 0.2) is 18.5 Å². The van der Waals surface area contributed by atoms with Crippen molar-refractivity contribution in [1.82, 2.24) is 4.98 Å². The van der Waals surface area contributed by atoms with Crippen molar-refractivity contribution >= 4 is 11.8 Å². The Morgan fingerprint density at radius 3 is 3.07 bits per heavy atom. The van der Waals surface area contributed by atoms with E-state index < -0.39 is 0 Å². The SMILES string of the molecule is NC(c1cncc(F)c1)C1CCSC1. The predicted molar refractivity (Wildman–Crippen MR) is 56.6 cm³/mol. The molecule has 2 heterocycles. The molecular formula is C10H13FN2S. The minimum absolute atomic E-state index is 0.0619. The van der Waals surface area contributed by atoms with Crippen LogP contribution in [0.3, 0.4) is 0 Å². The molecule has 2 atom stereocenters. The van der Waals surface area contributed by atoms with Crippen LogP contribution in [0.1, 0.15) is 18.0 Å². The summed E-state index contributed by atoms with van der Waals surface area (Å²) in [5.74, 6) is 2.42. The fourth-order valence-corrected chi connectivity index (χ4v) is 3.03. The Balaban J connectivity index is 2.13. The molecule has 1 fully saturated rings. The van der Waals surface area contributed by atoms with Crippen molar-refractivity contribution in [1.29, 1.82) is 0 Å². The highest BCUT2D eigenvalue weighted by Crippen LogP contribution is 2.32. The zero-order chi connectivity index (χ0) is 9.97. The lowest BCUT2D eigenvalue weighted by Crippen LogP contribution is -2.21. The zero-order valence-electron chi connectivity index (χ0n) is 7.82. The largest absolute Gasteiger partial charge is 0.324 e. The first kappa shape index (κ1) is 9.93. The maximum absolute atomic E-state index is 12.9. The second kappa shape index (κ2) is 4.28. The third-order valence-electron chi connectivity index (χ3n) is 2.58. The highest BCUT2D eigenvalue weighted by molar-refractivity contribution is 7.99. The Labute approximate surface area is 87.1 Å². The molecule has 0 bridgehead atoms. The van der Waals surface area contributed by atoms with E-state index in [1.807, 2.05) is 11.8 Å². The summed E-state index contributed by atoms with van der Waals surface area (Å²) in [4.78, 5) is 3.81. The molecule has 0 aliphatic carbocycles. The van der Waals surface area contributed by atoms with Gasteiger partial charge in [-0.1, -0.05) is 0 Å². The number of hydrogen-bond acceptors (Lipinski definition) is 3. The number of nitrogens with zero attached hydrogens (tertiary/aromatic N) is 1. The lowest BCUT2D eigenvalue weighted by Gasteiger charge is -2.17. The van der Waals surface area contributed by atoms with E-state index in [-0.39, 0.29) is 11.9 Å². The van der Waals surface area contributed by atoms with Crippen molar-refractivity contribution in [2.24, 2.45) is 11.7 Å². The summed E-state index contributed by atoms with van der Waals surface area (Å²) in [7, 11) is 0. The molecule has 1 aliphatic heterocycles. The number of thioether (sulfide) groups is 1. The average Bonchev–Trinajstić information content (AvgIpc) is 2.69. The number of pyridine rings is 1. The molecule has 2 nitrogen and oxygen atoms in total. The van der Waals surface area contributed by atoms with Crippen LogP contribution in [-0.2, 0) is 0 Å². The van der Waals surface area contributed by atoms with Gasteiger partial charge in [-0.3, -0.25) is 4.98 Å². The van der Waals surface area contributed by atoms with Crippen LogP contribution in [0.2, 0.25) is 0 Å². The summed E-state index contributed by atoms with van der Waals surface area (Å²) >= 11 is 1.92. The van der Waals surface area contributed by atoms with Crippen LogP contribution in [0.5, 0.6) is 0 Å². The molecule has 0 spiro atoms. The van der Waals surface area contributed by atoms with Gasteiger partial charge in [-0.15, -0.1) is 0 Å². The highest BCUT2D eigenvalue weighted by atomic mass is 32.2. The summed E-state index contributed by atoms with van der Waals surface area (Å²) in [6.45, 7) is 0. The van der Waals surface area contributed by atoms with E-state index in [0.717, 1.165) is 17.7 Å². The second-order valence-electron chi connectivity index (χ2n) is 3.59. The molecule has 1 saturated heterocycles. The summed E-state index contributed by atoms with van der Waals surface area (Å²) < 4.78 is 12.9. The van der Waals surface area contributed by atoms with Gasteiger partial charge >= 0.3 is 0 Å². The molecule has 2 unspecified atom stereocenters. The quantitative estimate of drug-likeness (QED) is 0.814. The van der Waals surface area contributed by atoms with Gasteiger partial charge in [0.25, 0.3) is 0 Å². The molecule has 0 amide bonds. The van der Waals surface area contributed by atoms with E-state index in [9.17, 15) is 4.39 Å². The number of nitrogens with two attached hydrogens (primary N) is 1. The van der Waals surface area contributed by atoms with Crippen LogP contribution in [0.25, 0.3) is 0 Å². The fourth-order valence-electron chi connectivity index (χ4n) is 1.72. The van der Waals surface area contributed by atoms with Crippen LogP contribution in [0, 0.1) is 11.7 Å². The van der Waals surface area contributed by atoms with Gasteiger partial charge in [-0.05, 0) is 35.5 Å². The van der Waals surface area contributed by atoms with Crippen molar-refractivity contribution in [3.05, 3.63) is 29.8 Å². The van der Waals surface area contributed by atoms with Gasteiger partial charge < -0.3 is 5.73 Å². The monoisotopic (exact) mass is 212 g/mol. The minimum atomic E-state index is -0.302. The Morgan fingerprint density at radius 2 is 2.43 bits per heavy atom. The molecular weight excluding hydrogens is 199 g/mol. The van der Waals surface area contributed by atoms with Crippen LogP contribution in [-0.4, -0.2) is 16.5 Å². The lowest BCUT2D eigenvalue weighted by molar-refractivity contribution is 0.477. The Hall–Kier alpha value is -0.610. The van der Waals surface area contributed by atoms with Gasteiger partial charge in [0.2, 0.25) is 0 Å². The number of hydrogen-bond donors (Lipinski definition) is 1. The normalized spacial score (nSPS) is 23.7. The third-order valence-corrected chi connectivity index (χ3v) is 3.77. The van der Waals surface area contributed by atoms with Gasteiger partial charge in [-0.2, -0.15) is 11.8 Å². The van der Waals surface area contributed by atoms with Crippen LogP contribution >= 0.6 is 11.8 Å². The van der Waals surface area contributed by atoms with Crippen LogP contribution in [0.4, 0.5) is 4.39 Å². The van der Waals surface area contributed by atoms with E-state index in [1.54, 1.807) is 6.20 Å². The summed E-state index contributed by atoms with van der Waals surface area (Å²) in [5, 5.41) is 0. The van der Waals surface area contributed by atoms with Crippen molar-refractivity contribution < 1.29 is 4.39 Å². The topological polar surface area (TPSA) is 38.9 Å². The molecule has 1 aliphatic rings. The van der Waals surface area contributed by atoms with Crippen molar-refractivity contribution in [2.75, 3.05) is 11.5 Å². The van der Waals surface area contributed by atoms with E-state index in [1.165, 1.54) is 18.0 Å². The zero-order valence-corrected chi connectivity index (χ0v) is 8.64. The van der Waals surface area contributed by atoms with Gasteiger partial charge in [0.1, 0.15) is 5.82 Å². The molecule has 14 heavy (non-hydrogen) atoms. The molecule has 1 aromatic heterocycles. The molecule has 2 N–H and O–H groups in total. The van der Waals surface area contributed by atoms with Crippen molar-refractivity contribution in [3.63, 3.8) is 0 Å². The average molecular weight is 212 g/mol. The van der Waals surface area contributed by atoms with E-state index in [0.29, 0.717) is 5.92 Å². The fraction of sp³-hybridized carbons (Fsp3) is 0.500. The number of rotatable bonds is 2. The Bertz CT molecular complexity index is 313. The maximum atomic E-state index is 12.9. The first-order chi connectivity index (χ1) is 6.77. The first-order valence-corrected chi connectivity index (χ1v) is 5.86. The van der Waals surface area contributed by atoms with Gasteiger partial charge in [-0.25, -0.2) is 4.39 Å². The molecule has 4 heteroatoms. The van der Waals surface area contributed by atoms with E-state index in [4.69, 9.17) is 5.73 Å². The molecule has 76 valence electrons. The lowest BCUT2D eigenvalue weighted by atomic mass is 9.94. The second-order valence-corrected chi connectivity index (χ2v) is 4.74. The van der Waals surface area contributed by atoms with E-state index >= 15 is 0 Å². The molecule has 1 aromatic rings. The summed E-state index contributed by atoms with van der Waals surface area (Å²) in [6.07, 6.45) is 4.00. The van der Waals surface area contributed by atoms with Gasteiger partial charge in [0.05, 0.1) is 6.20 Å². The number of aromatic nitrogens is 1. The maximum Gasteiger partial charge on any atom is 0.141 e. The van der Waals surface area contributed by atoms with Crippen molar-refractivity contribution in [2.45, 2.75) is 12.5 Å². The van der Waals surface area contributed by atoms with Crippen LogP contribution < -0.4 is 5.73 Å². The molecule has 2 rings (SSSR count). The predicted octanol–water partition coefficient (Wildman–Crippen LogP) is 1.97. The summed E-state index contributed by atoms with van der Waals surface area (Å²) in [6, 6.07) is 1.42.